The zero-order chi connectivity index (χ0) is 50.4. The van der Waals surface area contributed by atoms with E-state index >= 15 is 0 Å². The van der Waals surface area contributed by atoms with E-state index in [1.165, 1.54) is 5.57 Å². The standard InChI is InChI=1S/C51H82O18/c1-9-10-21-63-41(61)39-35(57)36(58)40(68-42-37(59)32(54)27(53)24-64-42)44(67-39)66-31-14-15-48(6)29(47(31,4)5)13-16-50(8)30(48)12-11-25-26-22-46(2,3)17-19-51(26,20-18-49(25,50)7)45(62)69-43-38(60)34(56)33(55)28(23-52)65-43/h11,26-40,42-44,52-60H,9-10,12-24H2,1-8H3/t26-,27-,28-,29-,30+,31-,32-,33-,34+,35-,36-,37+,38-,39-,40+,42-,43+,44+,48-,49+,50+,51-/m0/s1. The molecule has 18 heteroatoms. The van der Waals surface area contributed by atoms with Crippen molar-refractivity contribution in [2.75, 3.05) is 19.8 Å². The SMILES string of the molecule is CCCCOC(=O)[C@H]1O[C@@H](O[C@H]2CC[C@]3(C)[C@H]4CC=C5[C@@H]6CC(C)(C)CC[C@]6(C(=O)O[C@H]6O[C@@H](CO)[C@H](O)[C@@H](O)[C@@H]6O)CC[C@@]5(C)[C@]4(C)CC[C@H]3C2(C)C)[C@H](O[C@@H]2OC[C@H](O)[C@H](O)[C@H]2O)[C@@H](O)[C@@H]1O. The van der Waals surface area contributed by atoms with Crippen LogP contribution in [0.4, 0.5) is 0 Å². The summed E-state index contributed by atoms with van der Waals surface area (Å²) in [7, 11) is 0. The van der Waals surface area contributed by atoms with Gasteiger partial charge in [0, 0.05) is 0 Å². The summed E-state index contributed by atoms with van der Waals surface area (Å²) in [6.07, 6.45) is -11.4. The van der Waals surface area contributed by atoms with Crippen LogP contribution in [-0.4, -0.2) is 170 Å². The molecule has 9 N–H and O–H groups in total. The number of esters is 2. The van der Waals surface area contributed by atoms with E-state index < -0.39 is 121 Å². The molecule has 5 aliphatic carbocycles. The molecule has 0 radical (unpaired) electrons. The van der Waals surface area contributed by atoms with Crippen LogP contribution >= 0.6 is 0 Å². The molecule has 394 valence electrons. The van der Waals surface area contributed by atoms with Crippen molar-refractivity contribution in [2.24, 2.45) is 50.2 Å². The molecule has 4 saturated carbocycles. The van der Waals surface area contributed by atoms with E-state index in [1.54, 1.807) is 0 Å². The minimum atomic E-state index is -1.79. The average Bonchev–Trinajstić information content (AvgIpc) is 3.29. The van der Waals surface area contributed by atoms with Gasteiger partial charge in [-0.15, -0.1) is 0 Å². The van der Waals surface area contributed by atoms with Gasteiger partial charge >= 0.3 is 11.9 Å². The number of aliphatic hydroxyl groups excluding tert-OH is 9. The van der Waals surface area contributed by atoms with E-state index in [0.717, 1.165) is 51.4 Å². The molecule has 7 fully saturated rings. The highest BCUT2D eigenvalue weighted by Gasteiger charge is 2.70. The number of aliphatic hydroxyl groups is 9. The van der Waals surface area contributed by atoms with Crippen molar-refractivity contribution in [1.82, 2.24) is 0 Å². The molecule has 22 atom stereocenters. The van der Waals surface area contributed by atoms with Gasteiger partial charge in [0.15, 0.2) is 18.7 Å². The average molecular weight is 983 g/mol. The van der Waals surface area contributed by atoms with Crippen LogP contribution in [-0.2, 0) is 42.7 Å². The molecular formula is C51H82O18. The first-order valence-corrected chi connectivity index (χ1v) is 25.7. The van der Waals surface area contributed by atoms with Gasteiger partial charge in [-0.2, -0.15) is 0 Å². The molecule has 0 unspecified atom stereocenters. The molecule has 8 rings (SSSR count). The van der Waals surface area contributed by atoms with Crippen molar-refractivity contribution < 1.29 is 88.7 Å². The van der Waals surface area contributed by atoms with Crippen molar-refractivity contribution >= 4 is 11.9 Å². The third kappa shape index (κ3) is 8.86. The maximum Gasteiger partial charge on any atom is 0.338 e. The predicted molar refractivity (Wildman–Crippen MR) is 243 cm³/mol. The predicted octanol–water partition coefficient (Wildman–Crippen LogP) is 2.13. The molecule has 18 nitrogen and oxygen atoms in total. The van der Waals surface area contributed by atoms with E-state index in [9.17, 15) is 55.5 Å². The molecule has 0 aromatic rings. The van der Waals surface area contributed by atoms with E-state index in [2.05, 4.69) is 54.5 Å². The molecule has 0 aromatic carbocycles. The number of allylic oxidation sites excluding steroid dienone is 2. The second kappa shape index (κ2) is 19.4. The largest absolute Gasteiger partial charge is 0.464 e. The molecule has 8 aliphatic rings. The Balaban J connectivity index is 1.05. The van der Waals surface area contributed by atoms with Gasteiger partial charge in [-0.1, -0.05) is 73.5 Å². The summed E-state index contributed by atoms with van der Waals surface area (Å²) in [5.41, 5.74) is -0.815. The van der Waals surface area contributed by atoms with Gasteiger partial charge in [0.1, 0.15) is 61.0 Å². The van der Waals surface area contributed by atoms with E-state index in [-0.39, 0.29) is 52.6 Å². The number of rotatable bonds is 11. The fraction of sp³-hybridized carbons (Fsp3) is 0.922. The summed E-state index contributed by atoms with van der Waals surface area (Å²) in [6.45, 7) is 17.1. The number of ether oxygens (including phenoxy) is 7. The highest BCUT2D eigenvalue weighted by Crippen LogP contribution is 2.76. The zero-order valence-corrected chi connectivity index (χ0v) is 41.8. The molecule has 3 heterocycles. The molecule has 69 heavy (non-hydrogen) atoms. The Bertz CT molecular complexity index is 1890. The number of hydrogen-bond donors (Lipinski definition) is 9. The first-order valence-electron chi connectivity index (χ1n) is 25.7. The molecule has 0 amide bonds. The van der Waals surface area contributed by atoms with Crippen molar-refractivity contribution in [3.63, 3.8) is 0 Å². The van der Waals surface area contributed by atoms with Crippen molar-refractivity contribution in [3.05, 3.63) is 11.6 Å². The second-order valence-electron chi connectivity index (χ2n) is 24.2. The number of carbonyl (C=O) groups is 2. The highest BCUT2D eigenvalue weighted by molar-refractivity contribution is 5.79. The third-order valence-corrected chi connectivity index (χ3v) is 19.6. The fourth-order valence-corrected chi connectivity index (χ4v) is 15.1. The lowest BCUT2D eigenvalue weighted by atomic mass is 9.33. The lowest BCUT2D eigenvalue weighted by molar-refractivity contribution is -0.366. The van der Waals surface area contributed by atoms with Gasteiger partial charge in [-0.3, -0.25) is 4.79 Å². The Morgan fingerprint density at radius 2 is 1.42 bits per heavy atom. The molecule has 0 aromatic heterocycles. The fourth-order valence-electron chi connectivity index (χ4n) is 15.1. The van der Waals surface area contributed by atoms with Gasteiger partial charge in [0.25, 0.3) is 0 Å². The lowest BCUT2D eigenvalue weighted by Crippen LogP contribution is -2.67. The lowest BCUT2D eigenvalue weighted by Gasteiger charge is -2.71. The Labute approximate surface area is 406 Å². The summed E-state index contributed by atoms with van der Waals surface area (Å²) in [6, 6.07) is 0. The number of unbranched alkanes of at least 4 members (excludes halogenated alkanes) is 1. The van der Waals surface area contributed by atoms with Crippen molar-refractivity contribution in [1.29, 1.82) is 0 Å². The number of hydrogen-bond acceptors (Lipinski definition) is 18. The number of carbonyl (C=O) groups excluding carboxylic acids is 2. The maximum atomic E-state index is 14.7. The summed E-state index contributed by atoms with van der Waals surface area (Å²) >= 11 is 0. The zero-order valence-electron chi connectivity index (χ0n) is 41.8. The molecule has 0 bridgehead atoms. The summed E-state index contributed by atoms with van der Waals surface area (Å²) in [5.74, 6) is -1.12. The van der Waals surface area contributed by atoms with Gasteiger partial charge in [0.2, 0.25) is 6.29 Å². The van der Waals surface area contributed by atoms with Gasteiger partial charge in [0.05, 0.1) is 31.3 Å². The van der Waals surface area contributed by atoms with Crippen LogP contribution in [0.15, 0.2) is 11.6 Å². The summed E-state index contributed by atoms with van der Waals surface area (Å²) in [5, 5.41) is 95.9. The Morgan fingerprint density at radius 1 is 0.725 bits per heavy atom. The van der Waals surface area contributed by atoms with Crippen LogP contribution in [0.5, 0.6) is 0 Å². The van der Waals surface area contributed by atoms with Crippen LogP contribution in [0.25, 0.3) is 0 Å². The van der Waals surface area contributed by atoms with Crippen LogP contribution < -0.4 is 0 Å². The van der Waals surface area contributed by atoms with Gasteiger partial charge in [-0.25, -0.2) is 4.79 Å². The van der Waals surface area contributed by atoms with E-state index in [0.29, 0.717) is 25.7 Å². The molecule has 3 saturated heterocycles. The Morgan fingerprint density at radius 3 is 2.12 bits per heavy atom. The number of fused-ring (bicyclic) bond motifs is 7. The van der Waals surface area contributed by atoms with E-state index in [4.69, 9.17) is 33.2 Å². The smallest absolute Gasteiger partial charge is 0.338 e. The monoisotopic (exact) mass is 983 g/mol. The van der Waals surface area contributed by atoms with E-state index in [1.807, 2.05) is 6.92 Å². The van der Waals surface area contributed by atoms with Crippen molar-refractivity contribution in [2.45, 2.75) is 225 Å². The summed E-state index contributed by atoms with van der Waals surface area (Å²) < 4.78 is 41.8. The van der Waals surface area contributed by atoms with Crippen LogP contribution in [0.2, 0.25) is 0 Å². The minimum absolute atomic E-state index is 0.0664. The normalized spacial score (nSPS) is 50.3. The minimum Gasteiger partial charge on any atom is -0.464 e. The topological polar surface area (TPSA) is 281 Å². The third-order valence-electron chi connectivity index (χ3n) is 19.6. The van der Waals surface area contributed by atoms with Crippen molar-refractivity contribution in [3.8, 4) is 0 Å². The second-order valence-corrected chi connectivity index (χ2v) is 24.2. The van der Waals surface area contributed by atoms with Crippen LogP contribution in [0, 0.1) is 50.2 Å². The first kappa shape index (κ1) is 53.4. The van der Waals surface area contributed by atoms with Crippen LogP contribution in [0.1, 0.15) is 132 Å². The van der Waals surface area contributed by atoms with Gasteiger partial charge in [-0.05, 0) is 115 Å². The first-order chi connectivity index (χ1) is 32.3. The molecular weight excluding hydrogens is 901 g/mol. The van der Waals surface area contributed by atoms with Crippen LogP contribution in [0.3, 0.4) is 0 Å². The maximum absolute atomic E-state index is 14.7. The Hall–Kier alpha value is -1.88. The van der Waals surface area contributed by atoms with Gasteiger partial charge < -0.3 is 79.1 Å². The molecule has 0 spiro atoms. The Kier molecular flexibility index (Phi) is 15.0. The summed E-state index contributed by atoms with van der Waals surface area (Å²) in [4.78, 5) is 28.1. The highest BCUT2D eigenvalue weighted by atomic mass is 16.8. The quantitative estimate of drug-likeness (QED) is 0.0621. The molecule has 3 aliphatic heterocycles.